The highest BCUT2D eigenvalue weighted by Crippen LogP contribution is 2.50. The minimum absolute atomic E-state index is 0.00630. The van der Waals surface area contributed by atoms with E-state index in [0.29, 0.717) is 24.0 Å². The zero-order valence-corrected chi connectivity index (χ0v) is 15.0. The monoisotopic (exact) mass is 366 g/mol. The van der Waals surface area contributed by atoms with E-state index in [0.717, 1.165) is 37.2 Å². The standard InChI is InChI=1S/C19H18N4O2S/c24-17(15-10-26-12-20-15)23-9-14-7-4-8-19(14,11-23)18-21-16(25-22-18)13-5-2-1-3-6-13/h1-3,5-6,10,12,14H,4,7-9,11H2/t14-,19-/m1/s1. The van der Waals surface area contributed by atoms with Gasteiger partial charge in [0.2, 0.25) is 0 Å². The molecule has 1 amide bonds. The third-order valence-corrected chi connectivity index (χ3v) is 6.29. The van der Waals surface area contributed by atoms with Crippen molar-refractivity contribution in [3.05, 3.63) is 52.7 Å². The second kappa shape index (κ2) is 6.02. The van der Waals surface area contributed by atoms with Gasteiger partial charge in [-0.3, -0.25) is 4.79 Å². The van der Waals surface area contributed by atoms with Gasteiger partial charge in [-0.1, -0.05) is 29.8 Å². The molecule has 5 rings (SSSR count). The fourth-order valence-corrected chi connectivity index (χ4v) is 4.94. The molecular formula is C19H18N4O2S. The number of amides is 1. The van der Waals surface area contributed by atoms with Crippen LogP contribution in [-0.2, 0) is 5.41 Å². The summed E-state index contributed by atoms with van der Waals surface area (Å²) in [6.45, 7) is 1.38. The number of rotatable bonds is 3. The lowest BCUT2D eigenvalue weighted by molar-refractivity contribution is 0.0772. The minimum atomic E-state index is -0.192. The highest BCUT2D eigenvalue weighted by molar-refractivity contribution is 7.07. The number of nitrogens with zero attached hydrogens (tertiary/aromatic N) is 4. The van der Waals surface area contributed by atoms with E-state index in [1.165, 1.54) is 11.3 Å². The van der Waals surface area contributed by atoms with Crippen molar-refractivity contribution >= 4 is 17.2 Å². The van der Waals surface area contributed by atoms with Crippen LogP contribution in [0, 0.1) is 5.92 Å². The summed E-state index contributed by atoms with van der Waals surface area (Å²) in [6.07, 6.45) is 3.22. The van der Waals surface area contributed by atoms with Gasteiger partial charge in [0.05, 0.1) is 10.9 Å². The first-order valence-electron chi connectivity index (χ1n) is 8.83. The number of fused-ring (bicyclic) bond motifs is 1. The van der Waals surface area contributed by atoms with Gasteiger partial charge >= 0.3 is 0 Å². The number of aromatic nitrogens is 3. The van der Waals surface area contributed by atoms with Crippen LogP contribution in [0.2, 0.25) is 0 Å². The van der Waals surface area contributed by atoms with Crippen LogP contribution in [0.3, 0.4) is 0 Å². The summed E-state index contributed by atoms with van der Waals surface area (Å²) in [5, 5.41) is 6.14. The third kappa shape index (κ3) is 2.38. The van der Waals surface area contributed by atoms with Crippen LogP contribution in [-0.4, -0.2) is 39.0 Å². The van der Waals surface area contributed by atoms with Crippen molar-refractivity contribution in [1.82, 2.24) is 20.0 Å². The molecular weight excluding hydrogens is 348 g/mol. The lowest BCUT2D eigenvalue weighted by Crippen LogP contribution is -2.35. The van der Waals surface area contributed by atoms with Gasteiger partial charge in [-0.05, 0) is 30.9 Å². The average molecular weight is 366 g/mol. The summed E-state index contributed by atoms with van der Waals surface area (Å²) >= 11 is 1.45. The van der Waals surface area contributed by atoms with E-state index in [-0.39, 0.29) is 11.3 Å². The molecule has 1 aliphatic carbocycles. The van der Waals surface area contributed by atoms with Crippen molar-refractivity contribution in [2.75, 3.05) is 13.1 Å². The van der Waals surface area contributed by atoms with Crippen LogP contribution >= 0.6 is 11.3 Å². The third-order valence-electron chi connectivity index (χ3n) is 5.70. The lowest BCUT2D eigenvalue weighted by Gasteiger charge is -2.24. The predicted octanol–water partition coefficient (Wildman–Crippen LogP) is 3.39. The SMILES string of the molecule is O=C(c1cscn1)N1C[C@H]2CCC[C@@]2(c2noc(-c3ccccc3)n2)C1. The number of carbonyl (C=O) groups excluding carboxylic acids is 1. The molecule has 132 valence electrons. The summed E-state index contributed by atoms with van der Waals surface area (Å²) < 4.78 is 5.56. The Balaban J connectivity index is 1.46. The molecule has 0 bridgehead atoms. The van der Waals surface area contributed by atoms with Gasteiger partial charge < -0.3 is 9.42 Å². The Morgan fingerprint density at radius 2 is 2.19 bits per heavy atom. The van der Waals surface area contributed by atoms with Gasteiger partial charge in [0, 0.05) is 24.0 Å². The summed E-state index contributed by atoms with van der Waals surface area (Å²) in [5.41, 5.74) is 2.96. The Hall–Kier alpha value is -2.54. The molecule has 2 aromatic heterocycles. The lowest BCUT2D eigenvalue weighted by atomic mass is 9.80. The smallest absolute Gasteiger partial charge is 0.273 e. The fourth-order valence-electron chi connectivity index (χ4n) is 4.41. The molecule has 3 heterocycles. The molecule has 1 saturated heterocycles. The van der Waals surface area contributed by atoms with Crippen LogP contribution in [0.1, 0.15) is 35.6 Å². The van der Waals surface area contributed by atoms with Gasteiger partial charge in [-0.15, -0.1) is 11.3 Å². The van der Waals surface area contributed by atoms with Crippen LogP contribution in [0.4, 0.5) is 0 Å². The van der Waals surface area contributed by atoms with Gasteiger partial charge in [0.25, 0.3) is 11.8 Å². The van der Waals surface area contributed by atoms with E-state index in [1.807, 2.05) is 40.6 Å². The van der Waals surface area contributed by atoms with E-state index in [4.69, 9.17) is 9.51 Å². The van der Waals surface area contributed by atoms with E-state index in [9.17, 15) is 4.79 Å². The molecule has 1 aliphatic heterocycles. The molecule has 1 saturated carbocycles. The summed E-state index contributed by atoms with van der Waals surface area (Å²) in [5.74, 6) is 1.68. The normalized spacial score (nSPS) is 24.8. The van der Waals surface area contributed by atoms with Crippen LogP contribution < -0.4 is 0 Å². The summed E-state index contributed by atoms with van der Waals surface area (Å²) in [6, 6.07) is 9.81. The van der Waals surface area contributed by atoms with Crippen molar-refractivity contribution in [1.29, 1.82) is 0 Å². The molecule has 0 N–H and O–H groups in total. The van der Waals surface area contributed by atoms with E-state index in [2.05, 4.69) is 10.1 Å². The van der Waals surface area contributed by atoms with Crippen LogP contribution in [0.15, 0.2) is 45.7 Å². The Kier molecular flexibility index (Phi) is 3.63. The van der Waals surface area contributed by atoms with Crippen LogP contribution in [0.25, 0.3) is 11.5 Å². The Morgan fingerprint density at radius 1 is 1.31 bits per heavy atom. The molecule has 0 unspecified atom stereocenters. The number of carbonyl (C=O) groups is 1. The first-order valence-corrected chi connectivity index (χ1v) is 9.78. The molecule has 2 atom stereocenters. The maximum Gasteiger partial charge on any atom is 0.273 e. The van der Waals surface area contributed by atoms with Crippen molar-refractivity contribution in [2.24, 2.45) is 5.92 Å². The molecule has 0 spiro atoms. The first kappa shape index (κ1) is 15.7. The van der Waals surface area contributed by atoms with Crippen molar-refractivity contribution in [2.45, 2.75) is 24.7 Å². The zero-order chi connectivity index (χ0) is 17.6. The number of hydrogen-bond acceptors (Lipinski definition) is 6. The maximum atomic E-state index is 12.7. The van der Waals surface area contributed by atoms with E-state index in [1.54, 1.807) is 5.51 Å². The number of hydrogen-bond donors (Lipinski definition) is 0. The number of benzene rings is 1. The number of likely N-dealkylation sites (tertiary alicyclic amines) is 1. The Morgan fingerprint density at radius 3 is 3.00 bits per heavy atom. The van der Waals surface area contributed by atoms with Gasteiger partial charge in [-0.2, -0.15) is 4.98 Å². The Labute approximate surface area is 154 Å². The molecule has 6 nitrogen and oxygen atoms in total. The molecule has 7 heteroatoms. The van der Waals surface area contributed by atoms with Gasteiger partial charge in [0.1, 0.15) is 5.69 Å². The maximum absolute atomic E-state index is 12.7. The molecule has 0 radical (unpaired) electrons. The highest BCUT2D eigenvalue weighted by Gasteiger charge is 2.54. The molecule has 3 aromatic rings. The first-order chi connectivity index (χ1) is 12.8. The molecule has 1 aromatic carbocycles. The quantitative estimate of drug-likeness (QED) is 0.710. The second-order valence-electron chi connectivity index (χ2n) is 7.09. The van der Waals surface area contributed by atoms with Gasteiger partial charge in [-0.25, -0.2) is 4.98 Å². The zero-order valence-electron chi connectivity index (χ0n) is 14.2. The van der Waals surface area contributed by atoms with Crippen molar-refractivity contribution in [3.8, 4) is 11.5 Å². The van der Waals surface area contributed by atoms with Crippen molar-refractivity contribution in [3.63, 3.8) is 0 Å². The highest BCUT2D eigenvalue weighted by atomic mass is 32.1. The van der Waals surface area contributed by atoms with Gasteiger partial charge in [0.15, 0.2) is 5.82 Å². The molecule has 2 aliphatic rings. The fraction of sp³-hybridized carbons (Fsp3) is 0.368. The topological polar surface area (TPSA) is 72.1 Å². The van der Waals surface area contributed by atoms with E-state index >= 15 is 0 Å². The largest absolute Gasteiger partial charge is 0.336 e. The second-order valence-corrected chi connectivity index (χ2v) is 7.81. The minimum Gasteiger partial charge on any atom is -0.336 e. The van der Waals surface area contributed by atoms with Crippen LogP contribution in [0.5, 0.6) is 0 Å². The van der Waals surface area contributed by atoms with Crippen molar-refractivity contribution < 1.29 is 9.32 Å². The Bertz CT molecular complexity index is 924. The molecule has 26 heavy (non-hydrogen) atoms. The molecule has 2 fully saturated rings. The average Bonchev–Trinajstić information content (AvgIpc) is 3.44. The predicted molar refractivity (Wildman–Crippen MR) is 96.8 cm³/mol. The summed E-state index contributed by atoms with van der Waals surface area (Å²) in [4.78, 5) is 23.6. The summed E-state index contributed by atoms with van der Waals surface area (Å²) in [7, 11) is 0. The number of thiazole rings is 1. The van der Waals surface area contributed by atoms with E-state index < -0.39 is 0 Å².